The van der Waals surface area contributed by atoms with Gasteiger partial charge in [0.05, 0.1) is 6.33 Å². The van der Waals surface area contributed by atoms with E-state index in [4.69, 9.17) is 11.6 Å². The molecule has 0 saturated carbocycles. The Morgan fingerprint density at radius 1 is 1.25 bits per heavy atom. The van der Waals surface area contributed by atoms with Crippen molar-refractivity contribution >= 4 is 28.6 Å². The van der Waals surface area contributed by atoms with Crippen LogP contribution in [0.25, 0.3) is 11.2 Å². The minimum absolute atomic E-state index is 0.249. The average Bonchev–Trinajstić information content (AvgIpc) is 2.85. The van der Waals surface area contributed by atoms with Gasteiger partial charge >= 0.3 is 0 Å². The number of H-pyrrole nitrogens is 1. The Morgan fingerprint density at radius 2 is 1.95 bits per heavy atom. The van der Waals surface area contributed by atoms with Gasteiger partial charge in [-0.3, -0.25) is 0 Å². The second-order valence-electron chi connectivity index (χ2n) is 5.43. The zero-order valence-corrected chi connectivity index (χ0v) is 13.3. The van der Waals surface area contributed by atoms with Crippen molar-refractivity contribution in [3.05, 3.63) is 11.6 Å². The molecule has 0 fully saturated rings. The standard InChI is InChI=1S/C14H22ClN5/c1-5-10(6-2)20(7-9(3)4)13-11-12(17-8-16-11)18-14(15)19-13/h8-10H,5-7H2,1-4H3,(H,16,17,18,19). The monoisotopic (exact) mass is 295 g/mol. The summed E-state index contributed by atoms with van der Waals surface area (Å²) in [7, 11) is 0. The van der Waals surface area contributed by atoms with E-state index < -0.39 is 0 Å². The Morgan fingerprint density at radius 3 is 2.55 bits per heavy atom. The van der Waals surface area contributed by atoms with Crippen LogP contribution in [0.4, 0.5) is 5.82 Å². The highest BCUT2D eigenvalue weighted by Crippen LogP contribution is 2.27. The highest BCUT2D eigenvalue weighted by molar-refractivity contribution is 6.28. The third kappa shape index (κ3) is 3.03. The lowest BCUT2D eigenvalue weighted by molar-refractivity contribution is 0.504. The Balaban J connectivity index is 2.51. The summed E-state index contributed by atoms with van der Waals surface area (Å²) < 4.78 is 0. The first-order chi connectivity index (χ1) is 9.56. The summed E-state index contributed by atoms with van der Waals surface area (Å²) in [5.41, 5.74) is 1.49. The summed E-state index contributed by atoms with van der Waals surface area (Å²) in [5.74, 6) is 1.40. The van der Waals surface area contributed by atoms with Crippen LogP contribution in [0.15, 0.2) is 6.33 Å². The van der Waals surface area contributed by atoms with E-state index >= 15 is 0 Å². The van der Waals surface area contributed by atoms with Crippen LogP contribution in [0.1, 0.15) is 40.5 Å². The van der Waals surface area contributed by atoms with Crippen molar-refractivity contribution in [2.24, 2.45) is 5.92 Å². The molecule has 0 bridgehead atoms. The van der Waals surface area contributed by atoms with E-state index in [1.165, 1.54) is 0 Å². The number of fused-ring (bicyclic) bond motifs is 1. The summed E-state index contributed by atoms with van der Waals surface area (Å²) in [6, 6.07) is 0.440. The summed E-state index contributed by atoms with van der Waals surface area (Å²) in [5, 5.41) is 0.249. The molecule has 2 rings (SSSR count). The van der Waals surface area contributed by atoms with Gasteiger partial charge in [0.25, 0.3) is 0 Å². The maximum Gasteiger partial charge on any atom is 0.226 e. The summed E-state index contributed by atoms with van der Waals surface area (Å²) in [4.78, 5) is 18.3. The fourth-order valence-corrected chi connectivity index (χ4v) is 2.69. The van der Waals surface area contributed by atoms with Crippen molar-refractivity contribution < 1.29 is 0 Å². The zero-order chi connectivity index (χ0) is 14.7. The van der Waals surface area contributed by atoms with Crippen LogP contribution in [0.2, 0.25) is 5.28 Å². The molecule has 0 spiro atoms. The van der Waals surface area contributed by atoms with E-state index in [1.54, 1.807) is 6.33 Å². The highest BCUT2D eigenvalue weighted by atomic mass is 35.5. The number of rotatable bonds is 6. The molecule has 0 unspecified atom stereocenters. The quantitative estimate of drug-likeness (QED) is 0.826. The number of hydrogen-bond donors (Lipinski definition) is 1. The lowest BCUT2D eigenvalue weighted by atomic mass is 10.1. The highest BCUT2D eigenvalue weighted by Gasteiger charge is 2.22. The molecule has 0 atom stereocenters. The van der Waals surface area contributed by atoms with Crippen molar-refractivity contribution in [3.63, 3.8) is 0 Å². The summed E-state index contributed by atoms with van der Waals surface area (Å²) in [6.45, 7) is 9.77. The number of halogens is 1. The number of imidazole rings is 1. The molecule has 6 heteroatoms. The van der Waals surface area contributed by atoms with Gasteiger partial charge in [-0.25, -0.2) is 4.98 Å². The molecular weight excluding hydrogens is 274 g/mol. The molecule has 2 aromatic rings. The van der Waals surface area contributed by atoms with Gasteiger partial charge in [-0.1, -0.05) is 27.7 Å². The first kappa shape index (κ1) is 15.0. The van der Waals surface area contributed by atoms with Crippen molar-refractivity contribution in [2.45, 2.75) is 46.6 Å². The zero-order valence-electron chi connectivity index (χ0n) is 12.5. The predicted octanol–water partition coefficient (Wildman–Crippen LogP) is 3.66. The Kier molecular flexibility index (Phi) is 4.81. The number of hydrogen-bond acceptors (Lipinski definition) is 4. The van der Waals surface area contributed by atoms with Gasteiger partial charge < -0.3 is 9.88 Å². The second-order valence-corrected chi connectivity index (χ2v) is 5.77. The van der Waals surface area contributed by atoms with E-state index in [2.05, 4.69) is 52.5 Å². The van der Waals surface area contributed by atoms with Gasteiger partial charge in [0, 0.05) is 12.6 Å². The van der Waals surface area contributed by atoms with Gasteiger partial charge in [-0.05, 0) is 30.4 Å². The molecule has 0 amide bonds. The summed E-state index contributed by atoms with van der Waals surface area (Å²) in [6.07, 6.45) is 3.78. The molecule has 110 valence electrons. The molecule has 0 aliphatic heterocycles. The molecule has 2 heterocycles. The number of aromatic amines is 1. The number of nitrogens with zero attached hydrogens (tertiary/aromatic N) is 4. The SMILES string of the molecule is CCC(CC)N(CC(C)C)c1nc(Cl)nc2nc[nH]c12. The van der Waals surface area contributed by atoms with Gasteiger partial charge in [0.2, 0.25) is 5.28 Å². The first-order valence-corrected chi connectivity index (χ1v) is 7.57. The van der Waals surface area contributed by atoms with E-state index in [0.29, 0.717) is 17.6 Å². The normalized spacial score (nSPS) is 11.8. The lowest BCUT2D eigenvalue weighted by Crippen LogP contribution is -2.38. The number of anilines is 1. The van der Waals surface area contributed by atoms with Crippen LogP contribution < -0.4 is 4.90 Å². The van der Waals surface area contributed by atoms with Gasteiger partial charge in [-0.2, -0.15) is 9.97 Å². The topological polar surface area (TPSA) is 57.7 Å². The van der Waals surface area contributed by atoms with Crippen LogP contribution in [0, 0.1) is 5.92 Å². The van der Waals surface area contributed by atoms with Crippen LogP contribution in [0.3, 0.4) is 0 Å². The van der Waals surface area contributed by atoms with E-state index in [-0.39, 0.29) is 5.28 Å². The van der Waals surface area contributed by atoms with Gasteiger partial charge in [-0.15, -0.1) is 0 Å². The average molecular weight is 296 g/mol. The second kappa shape index (κ2) is 6.39. The molecule has 0 aromatic carbocycles. The number of aromatic nitrogens is 4. The van der Waals surface area contributed by atoms with Crippen LogP contribution in [-0.4, -0.2) is 32.5 Å². The largest absolute Gasteiger partial charge is 0.351 e. The molecule has 0 radical (unpaired) electrons. The summed E-state index contributed by atoms with van der Waals surface area (Å²) >= 11 is 6.05. The van der Waals surface area contributed by atoms with Gasteiger partial charge in [0.1, 0.15) is 5.52 Å². The van der Waals surface area contributed by atoms with Crippen molar-refractivity contribution in [2.75, 3.05) is 11.4 Å². The smallest absolute Gasteiger partial charge is 0.226 e. The third-order valence-corrected chi connectivity index (χ3v) is 3.63. The molecule has 20 heavy (non-hydrogen) atoms. The van der Waals surface area contributed by atoms with E-state index in [1.807, 2.05) is 0 Å². The molecule has 5 nitrogen and oxygen atoms in total. The minimum atomic E-state index is 0.249. The molecule has 0 saturated heterocycles. The Bertz CT molecular complexity index is 562. The Hall–Kier alpha value is -1.36. The van der Waals surface area contributed by atoms with Crippen LogP contribution >= 0.6 is 11.6 Å². The number of nitrogens with one attached hydrogen (secondary N) is 1. The van der Waals surface area contributed by atoms with Crippen LogP contribution in [-0.2, 0) is 0 Å². The molecule has 0 aliphatic carbocycles. The molecule has 1 N–H and O–H groups in total. The van der Waals surface area contributed by atoms with Crippen LogP contribution in [0.5, 0.6) is 0 Å². The third-order valence-electron chi connectivity index (χ3n) is 3.46. The molecule has 2 aromatic heterocycles. The van der Waals surface area contributed by atoms with Crippen molar-refractivity contribution in [1.29, 1.82) is 0 Å². The first-order valence-electron chi connectivity index (χ1n) is 7.20. The molecule has 0 aliphatic rings. The van der Waals surface area contributed by atoms with E-state index in [0.717, 1.165) is 30.7 Å². The Labute approximate surface area is 124 Å². The fraction of sp³-hybridized carbons (Fsp3) is 0.643. The van der Waals surface area contributed by atoms with Gasteiger partial charge in [0.15, 0.2) is 11.5 Å². The minimum Gasteiger partial charge on any atom is -0.351 e. The van der Waals surface area contributed by atoms with Crippen molar-refractivity contribution in [3.8, 4) is 0 Å². The van der Waals surface area contributed by atoms with Crippen molar-refractivity contribution in [1.82, 2.24) is 19.9 Å². The maximum absolute atomic E-state index is 6.05. The lowest BCUT2D eigenvalue weighted by Gasteiger charge is -2.33. The fourth-order valence-electron chi connectivity index (χ4n) is 2.53. The predicted molar refractivity (Wildman–Crippen MR) is 83.2 cm³/mol. The maximum atomic E-state index is 6.05. The van der Waals surface area contributed by atoms with E-state index in [9.17, 15) is 0 Å². The molecular formula is C14H22ClN5.